The Hall–Kier alpha value is -1.30. The molecule has 2 aliphatic heterocycles. The molecule has 2 heterocycles. The first-order valence-corrected chi connectivity index (χ1v) is 9.69. The molecule has 5 nitrogen and oxygen atoms in total. The van der Waals surface area contributed by atoms with E-state index in [1.165, 1.54) is 6.92 Å². The topological polar surface area (TPSA) is 58.6 Å². The monoisotopic (exact) mass is 398 g/mol. The van der Waals surface area contributed by atoms with Gasteiger partial charge < -0.3 is 15.0 Å². The molecule has 2 saturated heterocycles. The lowest BCUT2D eigenvalue weighted by atomic mass is 9.79. The molecule has 0 bridgehead atoms. The third kappa shape index (κ3) is 4.16. The molecule has 0 aromatic heterocycles. The van der Waals surface area contributed by atoms with Gasteiger partial charge in [0, 0.05) is 48.6 Å². The van der Waals surface area contributed by atoms with Crippen molar-refractivity contribution >= 4 is 35.0 Å². The Morgan fingerprint density at radius 1 is 1.19 bits per heavy atom. The van der Waals surface area contributed by atoms with Crippen LogP contribution in [-0.4, -0.2) is 41.4 Å². The van der Waals surface area contributed by atoms with Crippen molar-refractivity contribution in [2.45, 2.75) is 57.3 Å². The molecule has 0 aliphatic carbocycles. The summed E-state index contributed by atoms with van der Waals surface area (Å²) in [7, 11) is 0. The maximum atomic E-state index is 11.6. The number of amides is 2. The van der Waals surface area contributed by atoms with E-state index in [1.807, 2.05) is 11.0 Å². The van der Waals surface area contributed by atoms with E-state index < -0.39 is 0 Å². The minimum absolute atomic E-state index is 0.0116. The fourth-order valence-electron chi connectivity index (χ4n) is 4.13. The van der Waals surface area contributed by atoms with Crippen LogP contribution in [0.2, 0.25) is 10.0 Å². The zero-order chi connectivity index (χ0) is 18.9. The van der Waals surface area contributed by atoms with Crippen LogP contribution in [-0.2, 0) is 14.3 Å². The van der Waals surface area contributed by atoms with E-state index in [-0.39, 0.29) is 29.6 Å². The number of carbonyl (C=O) groups is 2. The fourth-order valence-corrected chi connectivity index (χ4v) is 4.77. The highest BCUT2D eigenvalue weighted by molar-refractivity contribution is 6.36. The average molecular weight is 399 g/mol. The molecule has 0 radical (unpaired) electrons. The SMILES string of the molecule is CC(=O)N[C@@H]1C[C@H](c2c(Cl)cccc2Cl)OC2(CCN(C(C)=O)CC2)C1. The second-order valence-corrected chi connectivity index (χ2v) is 8.08. The van der Waals surface area contributed by atoms with E-state index in [0.29, 0.717) is 29.6 Å². The lowest BCUT2D eigenvalue weighted by molar-refractivity contribution is -0.168. The molecule has 1 spiro atoms. The highest BCUT2D eigenvalue weighted by atomic mass is 35.5. The highest BCUT2D eigenvalue weighted by Crippen LogP contribution is 2.46. The van der Waals surface area contributed by atoms with Gasteiger partial charge in [-0.2, -0.15) is 0 Å². The number of hydrogen-bond acceptors (Lipinski definition) is 3. The Bertz CT molecular complexity index is 682. The van der Waals surface area contributed by atoms with E-state index in [1.54, 1.807) is 19.1 Å². The van der Waals surface area contributed by atoms with Crippen LogP contribution < -0.4 is 5.32 Å². The third-order valence-electron chi connectivity index (χ3n) is 5.36. The molecular weight excluding hydrogens is 375 g/mol. The summed E-state index contributed by atoms with van der Waals surface area (Å²) < 4.78 is 6.54. The average Bonchev–Trinajstić information content (AvgIpc) is 2.54. The number of halogens is 2. The predicted octanol–water partition coefficient (Wildman–Crippen LogP) is 3.73. The summed E-state index contributed by atoms with van der Waals surface area (Å²) in [6.07, 6.45) is 2.55. The molecule has 2 aliphatic rings. The molecule has 2 atom stereocenters. The van der Waals surface area contributed by atoms with Gasteiger partial charge in [-0.1, -0.05) is 29.3 Å². The molecule has 142 valence electrons. The second-order valence-electron chi connectivity index (χ2n) is 7.27. The zero-order valence-corrected chi connectivity index (χ0v) is 16.6. The number of carbonyl (C=O) groups excluding carboxylic acids is 2. The largest absolute Gasteiger partial charge is 0.367 e. The Morgan fingerprint density at radius 3 is 2.35 bits per heavy atom. The van der Waals surface area contributed by atoms with E-state index in [9.17, 15) is 9.59 Å². The molecule has 2 fully saturated rings. The Balaban J connectivity index is 1.87. The van der Waals surface area contributed by atoms with Crippen LogP contribution in [0.4, 0.5) is 0 Å². The minimum Gasteiger partial charge on any atom is -0.367 e. The molecule has 26 heavy (non-hydrogen) atoms. The van der Waals surface area contributed by atoms with Gasteiger partial charge in [-0.25, -0.2) is 0 Å². The van der Waals surface area contributed by atoms with Gasteiger partial charge in [0.15, 0.2) is 0 Å². The van der Waals surface area contributed by atoms with Gasteiger partial charge in [0.25, 0.3) is 0 Å². The van der Waals surface area contributed by atoms with Crippen molar-refractivity contribution < 1.29 is 14.3 Å². The van der Waals surface area contributed by atoms with Crippen molar-refractivity contribution in [2.75, 3.05) is 13.1 Å². The fraction of sp³-hybridized carbons (Fsp3) is 0.579. The Kier molecular flexibility index (Phi) is 5.80. The summed E-state index contributed by atoms with van der Waals surface area (Å²) in [5.41, 5.74) is 0.393. The van der Waals surface area contributed by atoms with Crippen LogP contribution >= 0.6 is 23.2 Å². The smallest absolute Gasteiger partial charge is 0.219 e. The van der Waals surface area contributed by atoms with E-state index in [0.717, 1.165) is 24.8 Å². The lowest BCUT2D eigenvalue weighted by Crippen LogP contribution is -2.54. The molecule has 1 aromatic carbocycles. The highest BCUT2D eigenvalue weighted by Gasteiger charge is 2.45. The zero-order valence-electron chi connectivity index (χ0n) is 15.1. The maximum Gasteiger partial charge on any atom is 0.219 e. The van der Waals surface area contributed by atoms with E-state index in [2.05, 4.69) is 5.32 Å². The molecule has 3 rings (SSSR count). The Labute approximate surface area is 164 Å². The van der Waals surface area contributed by atoms with Crippen molar-refractivity contribution in [2.24, 2.45) is 0 Å². The number of nitrogens with zero attached hydrogens (tertiary/aromatic N) is 1. The van der Waals surface area contributed by atoms with Gasteiger partial charge in [0.05, 0.1) is 11.7 Å². The van der Waals surface area contributed by atoms with E-state index in [4.69, 9.17) is 27.9 Å². The molecule has 7 heteroatoms. The van der Waals surface area contributed by atoms with Gasteiger partial charge in [-0.3, -0.25) is 9.59 Å². The van der Waals surface area contributed by atoms with Crippen LogP contribution in [0.5, 0.6) is 0 Å². The molecule has 2 amide bonds. The van der Waals surface area contributed by atoms with Crippen molar-refractivity contribution in [3.8, 4) is 0 Å². The summed E-state index contributed by atoms with van der Waals surface area (Å²) in [4.78, 5) is 25.1. The van der Waals surface area contributed by atoms with Crippen LogP contribution in [0.1, 0.15) is 51.2 Å². The van der Waals surface area contributed by atoms with Crippen LogP contribution in [0.3, 0.4) is 0 Å². The number of hydrogen-bond donors (Lipinski definition) is 1. The number of piperidine rings is 1. The maximum absolute atomic E-state index is 11.6. The molecule has 0 saturated carbocycles. The van der Waals surface area contributed by atoms with Gasteiger partial charge >= 0.3 is 0 Å². The van der Waals surface area contributed by atoms with Crippen molar-refractivity contribution in [3.05, 3.63) is 33.8 Å². The number of likely N-dealkylation sites (tertiary alicyclic amines) is 1. The second kappa shape index (κ2) is 7.75. The van der Waals surface area contributed by atoms with Gasteiger partial charge in [-0.05, 0) is 37.8 Å². The first-order chi connectivity index (χ1) is 12.3. The van der Waals surface area contributed by atoms with Crippen LogP contribution in [0, 0.1) is 0 Å². The minimum atomic E-state index is -0.384. The number of ether oxygens (including phenoxy) is 1. The van der Waals surface area contributed by atoms with Crippen LogP contribution in [0.15, 0.2) is 18.2 Å². The van der Waals surface area contributed by atoms with Gasteiger partial charge in [0.2, 0.25) is 11.8 Å². The lowest BCUT2D eigenvalue weighted by Gasteiger charge is -2.49. The molecule has 0 unspecified atom stereocenters. The quantitative estimate of drug-likeness (QED) is 0.825. The van der Waals surface area contributed by atoms with Crippen molar-refractivity contribution in [1.29, 1.82) is 0 Å². The third-order valence-corrected chi connectivity index (χ3v) is 6.02. The number of rotatable bonds is 2. The summed E-state index contributed by atoms with van der Waals surface area (Å²) in [5, 5.41) is 4.18. The van der Waals surface area contributed by atoms with Crippen LogP contribution in [0.25, 0.3) is 0 Å². The molecular formula is C19H24Cl2N2O3. The summed E-state index contributed by atoms with van der Waals surface area (Å²) >= 11 is 12.8. The molecule has 1 aromatic rings. The van der Waals surface area contributed by atoms with Crippen molar-refractivity contribution in [1.82, 2.24) is 10.2 Å². The predicted molar refractivity (Wildman–Crippen MR) is 101 cm³/mol. The first kappa shape index (κ1) is 19.5. The van der Waals surface area contributed by atoms with E-state index >= 15 is 0 Å². The summed E-state index contributed by atoms with van der Waals surface area (Å²) in [5.74, 6) is 0.0250. The van der Waals surface area contributed by atoms with Gasteiger partial charge in [0.1, 0.15) is 0 Å². The normalized spacial score (nSPS) is 25.2. The summed E-state index contributed by atoms with van der Waals surface area (Å²) in [6, 6.07) is 5.41. The Morgan fingerprint density at radius 2 is 1.81 bits per heavy atom. The van der Waals surface area contributed by atoms with Crippen molar-refractivity contribution in [3.63, 3.8) is 0 Å². The summed E-state index contributed by atoms with van der Waals surface area (Å²) in [6.45, 7) is 4.43. The number of nitrogens with one attached hydrogen (secondary N) is 1. The number of benzene rings is 1. The van der Waals surface area contributed by atoms with Gasteiger partial charge in [-0.15, -0.1) is 0 Å². The molecule has 1 N–H and O–H groups in total. The first-order valence-electron chi connectivity index (χ1n) is 8.94. The standard InChI is InChI=1S/C19H24Cl2N2O3/c1-12(24)22-14-10-17(18-15(20)4-3-5-16(18)21)26-19(11-14)6-8-23(9-7-19)13(2)25/h3-5,14,17H,6-11H2,1-2H3,(H,22,24)/t14-,17-/m1/s1.